The molecule has 0 amide bonds. The van der Waals surface area contributed by atoms with Gasteiger partial charge < -0.3 is 10.2 Å². The third kappa shape index (κ3) is 4.97. The SMILES string of the molecule is CC(=O)c1c(C)c2cnc(Nc3ccc(N4CCN(S(=O)(=O)n5ccnc5)CC4)cn3)nc2n(C2CCCC2)c1=O. The molecule has 14 heteroatoms. The molecule has 0 spiro atoms. The third-order valence-electron chi connectivity index (χ3n) is 7.91. The summed E-state index contributed by atoms with van der Waals surface area (Å²) in [6.45, 7) is 4.93. The van der Waals surface area contributed by atoms with Gasteiger partial charge in [0.15, 0.2) is 5.78 Å². The van der Waals surface area contributed by atoms with Gasteiger partial charge in [-0.1, -0.05) is 12.8 Å². The second-order valence-corrected chi connectivity index (χ2v) is 12.2. The van der Waals surface area contributed by atoms with Gasteiger partial charge in [-0.15, -0.1) is 0 Å². The van der Waals surface area contributed by atoms with Crippen molar-refractivity contribution in [3.63, 3.8) is 0 Å². The van der Waals surface area contributed by atoms with E-state index in [0.29, 0.717) is 54.5 Å². The van der Waals surface area contributed by atoms with Crippen LogP contribution in [0.3, 0.4) is 0 Å². The van der Waals surface area contributed by atoms with Crippen molar-refractivity contribution in [1.82, 2.24) is 32.8 Å². The lowest BCUT2D eigenvalue weighted by atomic mass is 10.0. The van der Waals surface area contributed by atoms with E-state index in [9.17, 15) is 18.0 Å². The number of aromatic nitrogens is 6. The number of rotatable bonds is 7. The Hall–Kier alpha value is -4.17. The van der Waals surface area contributed by atoms with Crippen molar-refractivity contribution in [2.75, 3.05) is 36.4 Å². The minimum absolute atomic E-state index is 0.000684. The Bertz CT molecular complexity index is 1760. The number of anilines is 3. The molecular weight excluding hydrogens is 546 g/mol. The van der Waals surface area contributed by atoms with Crippen LogP contribution >= 0.6 is 0 Å². The van der Waals surface area contributed by atoms with Gasteiger partial charge in [-0.25, -0.2) is 18.9 Å². The minimum atomic E-state index is -3.62. The predicted molar refractivity (Wildman–Crippen MR) is 154 cm³/mol. The first-order valence-corrected chi connectivity index (χ1v) is 15.0. The van der Waals surface area contributed by atoms with Crippen LogP contribution in [0.15, 0.2) is 48.0 Å². The van der Waals surface area contributed by atoms with E-state index in [1.54, 1.807) is 23.9 Å². The molecule has 1 saturated heterocycles. The van der Waals surface area contributed by atoms with Crippen molar-refractivity contribution in [3.05, 3.63) is 64.7 Å². The number of carbonyl (C=O) groups excluding carboxylic acids is 1. The second kappa shape index (κ2) is 10.7. The van der Waals surface area contributed by atoms with E-state index in [1.165, 1.54) is 29.9 Å². The Morgan fingerprint density at radius 2 is 1.80 bits per heavy atom. The van der Waals surface area contributed by atoms with Crippen molar-refractivity contribution in [2.24, 2.45) is 0 Å². The van der Waals surface area contributed by atoms with E-state index in [0.717, 1.165) is 35.3 Å². The van der Waals surface area contributed by atoms with E-state index in [1.807, 2.05) is 12.1 Å². The highest BCUT2D eigenvalue weighted by Gasteiger charge is 2.29. The van der Waals surface area contributed by atoms with Gasteiger partial charge in [0.05, 0.1) is 17.4 Å². The summed E-state index contributed by atoms with van der Waals surface area (Å²) in [4.78, 5) is 45.4. The zero-order chi connectivity index (χ0) is 28.7. The molecule has 41 heavy (non-hydrogen) atoms. The first-order valence-electron chi connectivity index (χ1n) is 13.6. The molecule has 0 atom stereocenters. The molecule has 0 aromatic carbocycles. The number of hydrogen-bond acceptors (Lipinski definition) is 10. The van der Waals surface area contributed by atoms with Crippen LogP contribution in [0.2, 0.25) is 0 Å². The van der Waals surface area contributed by atoms with E-state index in [4.69, 9.17) is 4.98 Å². The molecule has 4 aromatic rings. The number of carbonyl (C=O) groups is 1. The normalized spacial score (nSPS) is 16.9. The zero-order valence-electron chi connectivity index (χ0n) is 22.9. The smallest absolute Gasteiger partial charge is 0.308 e. The van der Waals surface area contributed by atoms with Crippen LogP contribution in [0.4, 0.5) is 17.5 Å². The predicted octanol–water partition coefficient (Wildman–Crippen LogP) is 2.67. The Labute approximate surface area is 237 Å². The number of aryl methyl sites for hydroxylation is 1. The molecule has 1 aliphatic heterocycles. The molecule has 1 saturated carbocycles. The summed E-state index contributed by atoms with van der Waals surface area (Å²) in [6.07, 6.45) is 11.3. The summed E-state index contributed by atoms with van der Waals surface area (Å²) < 4.78 is 29.7. The van der Waals surface area contributed by atoms with E-state index in [2.05, 4.69) is 25.2 Å². The Balaban J connectivity index is 1.21. The van der Waals surface area contributed by atoms with Gasteiger partial charge in [-0.2, -0.15) is 17.7 Å². The number of fused-ring (bicyclic) bond motifs is 1. The Kier molecular flexibility index (Phi) is 7.03. The number of piperazine rings is 1. The molecule has 4 aromatic heterocycles. The van der Waals surface area contributed by atoms with E-state index < -0.39 is 10.2 Å². The molecule has 1 N–H and O–H groups in total. The largest absolute Gasteiger partial charge is 0.368 e. The number of pyridine rings is 2. The Morgan fingerprint density at radius 3 is 2.44 bits per heavy atom. The number of nitrogens with zero attached hydrogens (tertiary/aromatic N) is 8. The highest BCUT2D eigenvalue weighted by atomic mass is 32.2. The average molecular weight is 578 g/mol. The van der Waals surface area contributed by atoms with E-state index >= 15 is 0 Å². The molecule has 0 radical (unpaired) electrons. The first-order chi connectivity index (χ1) is 19.7. The fourth-order valence-electron chi connectivity index (χ4n) is 5.76. The summed E-state index contributed by atoms with van der Waals surface area (Å²) in [5.74, 6) is 0.576. The summed E-state index contributed by atoms with van der Waals surface area (Å²) in [7, 11) is -3.62. The molecule has 0 unspecified atom stereocenters. The summed E-state index contributed by atoms with van der Waals surface area (Å²) in [6, 6.07) is 3.72. The van der Waals surface area contributed by atoms with Gasteiger partial charge in [-0.05, 0) is 44.4 Å². The molecule has 13 nitrogen and oxygen atoms in total. The molecule has 2 fully saturated rings. The molecular formula is C27H31N9O4S. The summed E-state index contributed by atoms with van der Waals surface area (Å²) in [5, 5.41) is 3.82. The van der Waals surface area contributed by atoms with Gasteiger partial charge in [-0.3, -0.25) is 14.2 Å². The molecule has 2 aliphatic rings. The number of hydrogen-bond donors (Lipinski definition) is 1. The van der Waals surface area contributed by atoms with Crippen molar-refractivity contribution >= 4 is 44.5 Å². The second-order valence-electron chi connectivity index (χ2n) is 10.4. The molecule has 5 heterocycles. The van der Waals surface area contributed by atoms with E-state index in [-0.39, 0.29) is 22.9 Å². The molecule has 1 aliphatic carbocycles. The summed E-state index contributed by atoms with van der Waals surface area (Å²) in [5.41, 5.74) is 1.89. The standard InChI is InChI=1S/C27H31N9O4S/c1-18-22-16-30-27(32-25(22)36(20-5-3-4-6-20)26(38)24(18)19(2)37)31-23-8-7-21(15-29-23)33-11-13-34(14-12-33)41(39,40)35-10-9-28-17-35/h7-10,15-17,20H,3-6,11-14H2,1-2H3,(H,29,30,31,32). The monoisotopic (exact) mass is 577 g/mol. The van der Waals surface area contributed by atoms with Crippen molar-refractivity contribution in [1.29, 1.82) is 0 Å². The van der Waals surface area contributed by atoms with Gasteiger partial charge in [0, 0.05) is 56.2 Å². The van der Waals surface area contributed by atoms with Gasteiger partial charge >= 0.3 is 10.2 Å². The van der Waals surface area contributed by atoms with Crippen LogP contribution in [-0.2, 0) is 10.2 Å². The fraction of sp³-hybridized carbons (Fsp3) is 0.407. The maximum absolute atomic E-state index is 13.4. The number of Topliss-reactive ketones (excluding diaryl/α,β-unsaturated/α-hetero) is 1. The van der Waals surface area contributed by atoms with Crippen molar-refractivity contribution in [2.45, 2.75) is 45.6 Å². The highest BCUT2D eigenvalue weighted by Crippen LogP contribution is 2.32. The van der Waals surface area contributed by atoms with Crippen LogP contribution in [-0.4, -0.2) is 73.2 Å². The van der Waals surface area contributed by atoms with Crippen LogP contribution in [0.5, 0.6) is 0 Å². The quantitative estimate of drug-likeness (QED) is 0.325. The lowest BCUT2D eigenvalue weighted by Crippen LogP contribution is -2.50. The fourth-order valence-corrected chi connectivity index (χ4v) is 7.04. The van der Waals surface area contributed by atoms with Crippen LogP contribution in [0.1, 0.15) is 54.6 Å². The highest BCUT2D eigenvalue weighted by molar-refractivity contribution is 7.87. The van der Waals surface area contributed by atoms with Crippen molar-refractivity contribution in [3.8, 4) is 0 Å². The maximum Gasteiger partial charge on any atom is 0.308 e. The van der Waals surface area contributed by atoms with Crippen LogP contribution in [0.25, 0.3) is 11.0 Å². The lowest BCUT2D eigenvalue weighted by Gasteiger charge is -2.35. The maximum atomic E-state index is 13.4. The Morgan fingerprint density at radius 1 is 1.05 bits per heavy atom. The van der Waals surface area contributed by atoms with Gasteiger partial charge in [0.1, 0.15) is 17.8 Å². The van der Waals surface area contributed by atoms with Crippen molar-refractivity contribution < 1.29 is 13.2 Å². The summed E-state index contributed by atoms with van der Waals surface area (Å²) >= 11 is 0. The zero-order valence-corrected chi connectivity index (χ0v) is 23.7. The van der Waals surface area contributed by atoms with Crippen LogP contribution in [0, 0.1) is 6.92 Å². The number of nitrogens with one attached hydrogen (secondary N) is 1. The topological polar surface area (TPSA) is 148 Å². The van der Waals surface area contributed by atoms with Crippen LogP contribution < -0.4 is 15.8 Å². The average Bonchev–Trinajstić information content (AvgIpc) is 3.69. The first kappa shape index (κ1) is 27.0. The third-order valence-corrected chi connectivity index (χ3v) is 9.68. The number of ketones is 1. The molecule has 6 rings (SSSR count). The van der Waals surface area contributed by atoms with Gasteiger partial charge in [0.25, 0.3) is 5.56 Å². The number of imidazole rings is 1. The molecule has 214 valence electrons. The minimum Gasteiger partial charge on any atom is -0.368 e. The molecule has 0 bridgehead atoms. The lowest BCUT2D eigenvalue weighted by molar-refractivity contribution is 0.101. The van der Waals surface area contributed by atoms with Gasteiger partial charge in [0.2, 0.25) is 5.95 Å².